The molecule has 0 bridgehead atoms. The van der Waals surface area contributed by atoms with Crippen molar-refractivity contribution in [2.45, 2.75) is 26.7 Å². The summed E-state index contributed by atoms with van der Waals surface area (Å²) in [5.74, 6) is -1.78. The summed E-state index contributed by atoms with van der Waals surface area (Å²) in [6.07, 6.45) is 0.255. The lowest BCUT2D eigenvalue weighted by Crippen LogP contribution is -2.16. The molecule has 1 rings (SSSR count). The minimum absolute atomic E-state index is 0.225. The molecule has 5 nitrogen and oxygen atoms in total. The lowest BCUT2D eigenvalue weighted by atomic mass is 10.1. The molecular weight excluding hydrogens is 212 g/mol. The number of carbonyl (C=O) groups is 3. The molecule has 1 fully saturated rings. The summed E-state index contributed by atoms with van der Waals surface area (Å²) in [5.41, 5.74) is 0. The van der Waals surface area contributed by atoms with Crippen LogP contribution in [0.1, 0.15) is 26.7 Å². The Hall–Kier alpha value is -1.39. The topological polar surface area (TPSA) is 69.7 Å². The maximum atomic E-state index is 11.5. The van der Waals surface area contributed by atoms with Crippen molar-refractivity contribution in [2.75, 3.05) is 13.2 Å². The average molecular weight is 228 g/mol. The molecule has 0 unspecified atom stereocenters. The van der Waals surface area contributed by atoms with Crippen LogP contribution in [0, 0.1) is 11.8 Å². The van der Waals surface area contributed by atoms with E-state index in [0.717, 1.165) is 0 Å². The van der Waals surface area contributed by atoms with Crippen molar-refractivity contribution in [1.82, 2.24) is 0 Å². The predicted octanol–water partition coefficient (Wildman–Crippen LogP) is 0.708. The van der Waals surface area contributed by atoms with Crippen LogP contribution in [0.3, 0.4) is 0 Å². The Labute approximate surface area is 94.1 Å². The molecule has 5 heteroatoms. The predicted molar refractivity (Wildman–Crippen MR) is 54.5 cm³/mol. The van der Waals surface area contributed by atoms with Gasteiger partial charge in [-0.15, -0.1) is 0 Å². The Morgan fingerprint density at radius 2 is 1.69 bits per heavy atom. The summed E-state index contributed by atoms with van der Waals surface area (Å²) >= 11 is 0. The highest BCUT2D eigenvalue weighted by atomic mass is 16.5. The Balaban J connectivity index is 2.31. The van der Waals surface area contributed by atoms with Crippen molar-refractivity contribution in [1.29, 1.82) is 0 Å². The van der Waals surface area contributed by atoms with Gasteiger partial charge in [0.15, 0.2) is 0 Å². The third-order valence-corrected chi connectivity index (χ3v) is 2.42. The smallest absolute Gasteiger partial charge is 0.313 e. The molecule has 90 valence electrons. The lowest BCUT2D eigenvalue weighted by Gasteiger charge is -2.01. The van der Waals surface area contributed by atoms with Crippen LogP contribution >= 0.6 is 0 Å². The molecule has 0 spiro atoms. The first kappa shape index (κ1) is 12.7. The largest absolute Gasteiger partial charge is 0.466 e. The molecule has 1 aliphatic carbocycles. The third-order valence-electron chi connectivity index (χ3n) is 2.42. The first-order valence-corrected chi connectivity index (χ1v) is 5.45. The van der Waals surface area contributed by atoms with E-state index >= 15 is 0 Å². The molecule has 0 aliphatic heterocycles. The van der Waals surface area contributed by atoms with Crippen LogP contribution in [0.2, 0.25) is 0 Å². The number of hydrogen-bond acceptors (Lipinski definition) is 5. The summed E-state index contributed by atoms with van der Waals surface area (Å²) in [7, 11) is 0. The summed E-state index contributed by atoms with van der Waals surface area (Å²) in [4.78, 5) is 33.8. The summed E-state index contributed by atoms with van der Waals surface area (Å²) in [5, 5.41) is 0. The molecule has 0 saturated heterocycles. The van der Waals surface area contributed by atoms with E-state index in [0.29, 0.717) is 13.0 Å². The van der Waals surface area contributed by atoms with Crippen LogP contribution in [-0.4, -0.2) is 30.9 Å². The van der Waals surface area contributed by atoms with Gasteiger partial charge < -0.3 is 9.47 Å². The molecule has 0 radical (unpaired) electrons. The molecular formula is C11H16O5. The highest BCUT2D eigenvalue weighted by molar-refractivity contribution is 6.00. The second-order valence-electron chi connectivity index (χ2n) is 3.65. The zero-order valence-corrected chi connectivity index (χ0v) is 9.52. The monoisotopic (exact) mass is 228 g/mol. The van der Waals surface area contributed by atoms with E-state index in [1.807, 2.05) is 0 Å². The standard InChI is InChI=1S/C11H16O5/c1-3-15-10(13)6-9(12)7-5-8(7)11(14)16-4-2/h7-8H,3-6H2,1-2H3/t7-,8-/m1/s1. The quantitative estimate of drug-likeness (QED) is 0.494. The van der Waals surface area contributed by atoms with Gasteiger partial charge in [0.2, 0.25) is 0 Å². The minimum atomic E-state index is -0.526. The molecule has 0 aromatic carbocycles. The number of ketones is 1. The molecule has 0 amide bonds. The molecule has 0 heterocycles. The fraction of sp³-hybridized carbons (Fsp3) is 0.727. The van der Waals surface area contributed by atoms with Crippen molar-refractivity contribution >= 4 is 17.7 Å². The summed E-state index contributed by atoms with van der Waals surface area (Å²) in [6, 6.07) is 0. The molecule has 0 N–H and O–H groups in total. The van der Waals surface area contributed by atoms with Crippen LogP contribution < -0.4 is 0 Å². The normalized spacial score (nSPS) is 22.4. The Morgan fingerprint density at radius 1 is 1.06 bits per heavy atom. The lowest BCUT2D eigenvalue weighted by molar-refractivity contribution is -0.148. The van der Waals surface area contributed by atoms with Gasteiger partial charge >= 0.3 is 11.9 Å². The highest BCUT2D eigenvalue weighted by Gasteiger charge is 2.49. The van der Waals surface area contributed by atoms with Crippen molar-refractivity contribution in [2.24, 2.45) is 11.8 Å². The maximum absolute atomic E-state index is 11.5. The molecule has 16 heavy (non-hydrogen) atoms. The van der Waals surface area contributed by atoms with Crippen LogP contribution in [0.25, 0.3) is 0 Å². The van der Waals surface area contributed by atoms with Gasteiger partial charge in [-0.25, -0.2) is 0 Å². The fourth-order valence-corrected chi connectivity index (χ4v) is 1.55. The van der Waals surface area contributed by atoms with Gasteiger partial charge in [0, 0.05) is 5.92 Å². The first-order chi connectivity index (χ1) is 7.60. The number of Topliss-reactive ketones (excluding diaryl/α,β-unsaturated/α-hetero) is 1. The SMILES string of the molecule is CCOC(=O)CC(=O)[C@@H]1C[C@H]1C(=O)OCC. The van der Waals surface area contributed by atoms with E-state index in [-0.39, 0.29) is 36.6 Å². The Kier molecular flexibility index (Phi) is 4.46. The van der Waals surface area contributed by atoms with Gasteiger partial charge in [-0.1, -0.05) is 0 Å². The van der Waals surface area contributed by atoms with Crippen molar-refractivity contribution in [3.05, 3.63) is 0 Å². The molecule has 1 aliphatic rings. The number of carbonyl (C=O) groups excluding carboxylic acids is 3. The van der Waals surface area contributed by atoms with E-state index in [1.165, 1.54) is 0 Å². The van der Waals surface area contributed by atoms with E-state index < -0.39 is 5.97 Å². The zero-order valence-electron chi connectivity index (χ0n) is 9.52. The average Bonchev–Trinajstić information content (AvgIpc) is 2.97. The second-order valence-corrected chi connectivity index (χ2v) is 3.65. The Morgan fingerprint density at radius 3 is 2.25 bits per heavy atom. The molecule has 2 atom stereocenters. The van der Waals surface area contributed by atoms with Crippen LogP contribution in [0.5, 0.6) is 0 Å². The number of rotatable bonds is 6. The summed E-state index contributed by atoms with van der Waals surface area (Å²) < 4.78 is 9.45. The van der Waals surface area contributed by atoms with Gasteiger partial charge in [-0.05, 0) is 20.3 Å². The number of ether oxygens (including phenoxy) is 2. The van der Waals surface area contributed by atoms with Gasteiger partial charge in [0.05, 0.1) is 19.1 Å². The molecule has 0 aromatic heterocycles. The van der Waals surface area contributed by atoms with Crippen molar-refractivity contribution in [3.8, 4) is 0 Å². The molecule has 1 saturated carbocycles. The van der Waals surface area contributed by atoms with Gasteiger partial charge in [0.25, 0.3) is 0 Å². The van der Waals surface area contributed by atoms with E-state index in [2.05, 4.69) is 4.74 Å². The van der Waals surface area contributed by atoms with E-state index in [4.69, 9.17) is 4.74 Å². The van der Waals surface area contributed by atoms with Crippen LogP contribution in [0.15, 0.2) is 0 Å². The van der Waals surface area contributed by atoms with E-state index in [1.54, 1.807) is 13.8 Å². The van der Waals surface area contributed by atoms with Crippen molar-refractivity contribution < 1.29 is 23.9 Å². The van der Waals surface area contributed by atoms with Crippen LogP contribution in [0.4, 0.5) is 0 Å². The molecule has 0 aromatic rings. The van der Waals surface area contributed by atoms with E-state index in [9.17, 15) is 14.4 Å². The highest BCUT2D eigenvalue weighted by Crippen LogP contribution is 2.40. The number of esters is 2. The van der Waals surface area contributed by atoms with Gasteiger partial charge in [-0.3, -0.25) is 14.4 Å². The maximum Gasteiger partial charge on any atom is 0.313 e. The fourth-order valence-electron chi connectivity index (χ4n) is 1.55. The zero-order chi connectivity index (χ0) is 12.1. The second kappa shape index (κ2) is 5.63. The van der Waals surface area contributed by atoms with Gasteiger partial charge in [-0.2, -0.15) is 0 Å². The Bertz CT molecular complexity index is 297. The number of hydrogen-bond donors (Lipinski definition) is 0. The third kappa shape index (κ3) is 3.32. The van der Waals surface area contributed by atoms with Crippen LogP contribution in [-0.2, 0) is 23.9 Å². The van der Waals surface area contributed by atoms with Gasteiger partial charge in [0.1, 0.15) is 12.2 Å². The minimum Gasteiger partial charge on any atom is -0.466 e. The van der Waals surface area contributed by atoms with Crippen molar-refractivity contribution in [3.63, 3.8) is 0 Å². The first-order valence-electron chi connectivity index (χ1n) is 5.45. The summed E-state index contributed by atoms with van der Waals surface area (Å²) in [6.45, 7) is 3.98.